The van der Waals surface area contributed by atoms with Crippen molar-refractivity contribution in [2.75, 3.05) is 12.4 Å². The molecular formula is C18H26N2O. The molecule has 2 unspecified atom stereocenters. The van der Waals surface area contributed by atoms with Crippen LogP contribution in [0.2, 0.25) is 0 Å². The first kappa shape index (κ1) is 14.6. The average Bonchev–Trinajstić information content (AvgIpc) is 2.80. The Morgan fingerprint density at radius 3 is 2.81 bits per heavy atom. The number of nitrogens with one attached hydrogen (secondary N) is 2. The van der Waals surface area contributed by atoms with Crippen molar-refractivity contribution < 1.29 is 4.79 Å². The van der Waals surface area contributed by atoms with Gasteiger partial charge in [-0.05, 0) is 54.8 Å². The zero-order valence-electron chi connectivity index (χ0n) is 13.3. The molecule has 1 aromatic carbocycles. The van der Waals surface area contributed by atoms with Crippen molar-refractivity contribution in [3.63, 3.8) is 0 Å². The van der Waals surface area contributed by atoms with Crippen LogP contribution in [0.15, 0.2) is 18.2 Å². The van der Waals surface area contributed by atoms with Gasteiger partial charge in [-0.15, -0.1) is 0 Å². The van der Waals surface area contributed by atoms with Gasteiger partial charge in [0.15, 0.2) is 0 Å². The minimum atomic E-state index is 0.136. The third-order valence-electron chi connectivity index (χ3n) is 5.44. The van der Waals surface area contributed by atoms with E-state index in [2.05, 4.69) is 49.7 Å². The monoisotopic (exact) mass is 286 g/mol. The molecule has 1 aromatic rings. The summed E-state index contributed by atoms with van der Waals surface area (Å²) < 4.78 is 0. The zero-order chi connectivity index (χ0) is 15.0. The predicted octanol–water partition coefficient (Wildman–Crippen LogP) is 3.66. The third-order valence-corrected chi connectivity index (χ3v) is 5.44. The standard InChI is InChI=1S/C18H26N2O/c1-18(2)10-4-5-14(18)17(19-3)13-6-8-15-12(11-13)7-9-16(21)20-15/h6,8,11,14,17,19H,4-5,7,9-10H2,1-3H3,(H,20,21). The van der Waals surface area contributed by atoms with Gasteiger partial charge in [0.2, 0.25) is 5.91 Å². The first-order valence-corrected chi connectivity index (χ1v) is 8.11. The van der Waals surface area contributed by atoms with E-state index in [0.717, 1.165) is 12.1 Å². The van der Waals surface area contributed by atoms with Gasteiger partial charge in [-0.2, -0.15) is 0 Å². The quantitative estimate of drug-likeness (QED) is 0.890. The fourth-order valence-corrected chi connectivity index (χ4v) is 4.17. The lowest BCUT2D eigenvalue weighted by molar-refractivity contribution is -0.116. The number of carbonyl (C=O) groups excluding carboxylic acids is 1. The Kier molecular flexibility index (Phi) is 3.78. The van der Waals surface area contributed by atoms with Gasteiger partial charge in [-0.3, -0.25) is 4.79 Å². The molecule has 0 radical (unpaired) electrons. The summed E-state index contributed by atoms with van der Waals surface area (Å²) in [4.78, 5) is 11.5. The zero-order valence-corrected chi connectivity index (χ0v) is 13.3. The summed E-state index contributed by atoms with van der Waals surface area (Å²) in [6.07, 6.45) is 5.41. The highest BCUT2D eigenvalue weighted by Gasteiger charge is 2.39. The Hall–Kier alpha value is -1.35. The largest absolute Gasteiger partial charge is 0.326 e. The van der Waals surface area contributed by atoms with E-state index < -0.39 is 0 Å². The number of carbonyl (C=O) groups is 1. The summed E-state index contributed by atoms with van der Waals surface area (Å²) >= 11 is 0. The van der Waals surface area contributed by atoms with Crippen LogP contribution in [0.3, 0.4) is 0 Å². The number of aryl methyl sites for hydroxylation is 1. The highest BCUT2D eigenvalue weighted by Crippen LogP contribution is 2.48. The molecule has 1 aliphatic heterocycles. The van der Waals surface area contributed by atoms with E-state index in [9.17, 15) is 4.79 Å². The van der Waals surface area contributed by atoms with Crippen LogP contribution in [0.1, 0.15) is 56.7 Å². The maximum absolute atomic E-state index is 11.5. The lowest BCUT2D eigenvalue weighted by Crippen LogP contribution is -2.32. The first-order valence-electron chi connectivity index (χ1n) is 8.11. The van der Waals surface area contributed by atoms with Crippen LogP contribution in [0, 0.1) is 11.3 Å². The van der Waals surface area contributed by atoms with Gasteiger partial charge in [-0.1, -0.05) is 32.4 Å². The summed E-state index contributed by atoms with van der Waals surface area (Å²) in [5.74, 6) is 0.816. The second kappa shape index (κ2) is 5.45. The Balaban J connectivity index is 1.90. The van der Waals surface area contributed by atoms with Gasteiger partial charge in [0.25, 0.3) is 0 Å². The molecule has 2 atom stereocenters. The topological polar surface area (TPSA) is 41.1 Å². The fourth-order valence-electron chi connectivity index (χ4n) is 4.17. The molecule has 1 heterocycles. The molecule has 2 N–H and O–H groups in total. The summed E-state index contributed by atoms with van der Waals surface area (Å²) in [6, 6.07) is 6.96. The van der Waals surface area contributed by atoms with Crippen LogP contribution in [-0.2, 0) is 11.2 Å². The second-order valence-corrected chi connectivity index (χ2v) is 7.22. The average molecular weight is 286 g/mol. The minimum absolute atomic E-state index is 0.136. The number of hydrogen-bond acceptors (Lipinski definition) is 2. The molecule has 3 heteroatoms. The smallest absolute Gasteiger partial charge is 0.224 e. The van der Waals surface area contributed by atoms with Gasteiger partial charge in [-0.25, -0.2) is 0 Å². The molecule has 0 aromatic heterocycles. The molecule has 114 valence electrons. The molecule has 1 amide bonds. The molecular weight excluding hydrogens is 260 g/mol. The van der Waals surface area contributed by atoms with Crippen molar-refractivity contribution in [3.8, 4) is 0 Å². The molecule has 2 aliphatic rings. The number of benzene rings is 1. The first-order chi connectivity index (χ1) is 10.0. The van der Waals surface area contributed by atoms with Crippen LogP contribution in [-0.4, -0.2) is 13.0 Å². The summed E-state index contributed by atoms with van der Waals surface area (Å²) in [6.45, 7) is 4.79. The van der Waals surface area contributed by atoms with Crippen LogP contribution in [0.25, 0.3) is 0 Å². The number of rotatable bonds is 3. The van der Waals surface area contributed by atoms with Crippen molar-refractivity contribution in [3.05, 3.63) is 29.3 Å². The molecule has 0 spiro atoms. The Morgan fingerprint density at radius 2 is 2.14 bits per heavy atom. The highest BCUT2D eigenvalue weighted by atomic mass is 16.1. The number of fused-ring (bicyclic) bond motifs is 1. The molecule has 1 aliphatic carbocycles. The lowest BCUT2D eigenvalue weighted by Gasteiger charge is -2.35. The van der Waals surface area contributed by atoms with Gasteiger partial charge in [0, 0.05) is 18.2 Å². The van der Waals surface area contributed by atoms with E-state index in [4.69, 9.17) is 0 Å². The minimum Gasteiger partial charge on any atom is -0.326 e. The van der Waals surface area contributed by atoms with Crippen molar-refractivity contribution in [2.24, 2.45) is 11.3 Å². The highest BCUT2D eigenvalue weighted by molar-refractivity contribution is 5.93. The van der Waals surface area contributed by atoms with Crippen molar-refractivity contribution >= 4 is 11.6 Å². The number of anilines is 1. The van der Waals surface area contributed by atoms with E-state index in [1.807, 2.05) is 0 Å². The van der Waals surface area contributed by atoms with Gasteiger partial charge in [0.05, 0.1) is 0 Å². The number of amides is 1. The Bertz CT molecular complexity index is 550. The van der Waals surface area contributed by atoms with Crippen LogP contribution < -0.4 is 10.6 Å². The maximum Gasteiger partial charge on any atom is 0.224 e. The molecule has 3 rings (SSSR count). The van der Waals surface area contributed by atoms with E-state index in [0.29, 0.717) is 23.8 Å². The number of hydrogen-bond donors (Lipinski definition) is 2. The van der Waals surface area contributed by atoms with Gasteiger partial charge >= 0.3 is 0 Å². The van der Waals surface area contributed by atoms with E-state index in [1.165, 1.54) is 30.4 Å². The molecule has 1 fully saturated rings. The van der Waals surface area contributed by atoms with Crippen molar-refractivity contribution in [1.29, 1.82) is 0 Å². The Morgan fingerprint density at radius 1 is 1.33 bits per heavy atom. The van der Waals surface area contributed by atoms with Crippen LogP contribution >= 0.6 is 0 Å². The third kappa shape index (κ3) is 2.71. The summed E-state index contributed by atoms with van der Waals surface area (Å²) in [5.41, 5.74) is 4.05. The Labute approximate surface area is 127 Å². The molecule has 0 bridgehead atoms. The van der Waals surface area contributed by atoms with E-state index in [1.54, 1.807) is 0 Å². The van der Waals surface area contributed by atoms with Crippen LogP contribution in [0.5, 0.6) is 0 Å². The summed E-state index contributed by atoms with van der Waals surface area (Å²) in [5, 5.41) is 6.51. The molecule has 1 saturated carbocycles. The van der Waals surface area contributed by atoms with Crippen molar-refractivity contribution in [1.82, 2.24) is 5.32 Å². The van der Waals surface area contributed by atoms with Crippen molar-refractivity contribution in [2.45, 2.75) is 52.0 Å². The van der Waals surface area contributed by atoms with Gasteiger partial charge < -0.3 is 10.6 Å². The normalized spacial score (nSPS) is 25.3. The van der Waals surface area contributed by atoms with E-state index >= 15 is 0 Å². The fraction of sp³-hybridized carbons (Fsp3) is 0.611. The van der Waals surface area contributed by atoms with E-state index in [-0.39, 0.29) is 5.91 Å². The lowest BCUT2D eigenvalue weighted by atomic mass is 9.75. The molecule has 3 nitrogen and oxygen atoms in total. The second-order valence-electron chi connectivity index (χ2n) is 7.22. The SMILES string of the molecule is CNC(c1ccc2c(c1)CCC(=O)N2)C1CCCC1(C)C. The molecule has 21 heavy (non-hydrogen) atoms. The summed E-state index contributed by atoms with van der Waals surface area (Å²) in [7, 11) is 2.07. The van der Waals surface area contributed by atoms with Crippen LogP contribution in [0.4, 0.5) is 5.69 Å². The molecule has 0 saturated heterocycles. The predicted molar refractivity (Wildman–Crippen MR) is 86.3 cm³/mol. The van der Waals surface area contributed by atoms with Gasteiger partial charge in [0.1, 0.15) is 0 Å². The maximum atomic E-state index is 11.5.